The number of carboxylic acids is 1. The molecule has 1 aliphatic carbocycles. The van der Waals surface area contributed by atoms with Gasteiger partial charge in [0, 0.05) is 0 Å². The molecule has 2 nitrogen and oxygen atoms in total. The van der Waals surface area contributed by atoms with E-state index in [1.54, 1.807) is 0 Å². The third-order valence-corrected chi connectivity index (χ3v) is 3.07. The first-order valence-corrected chi connectivity index (χ1v) is 5.45. The molecule has 0 aromatic heterocycles. The summed E-state index contributed by atoms with van der Waals surface area (Å²) in [6.45, 7) is 2.19. The quantitative estimate of drug-likeness (QED) is 0.617. The number of hydrogen-bond donors (Lipinski definition) is 1. The Balaban J connectivity index is 2.03. The van der Waals surface area contributed by atoms with Crippen LogP contribution in [-0.4, -0.2) is 11.1 Å². The Bertz CT molecular complexity index is 171. The van der Waals surface area contributed by atoms with Crippen LogP contribution in [0, 0.1) is 5.41 Å². The maximum Gasteiger partial charge on any atom is 0.309 e. The molecule has 76 valence electrons. The monoisotopic (exact) mass is 184 g/mol. The molecule has 1 saturated carbocycles. The van der Waals surface area contributed by atoms with Crippen molar-refractivity contribution in [1.29, 1.82) is 0 Å². The molecule has 1 aliphatic rings. The zero-order valence-electron chi connectivity index (χ0n) is 8.51. The summed E-state index contributed by atoms with van der Waals surface area (Å²) >= 11 is 0. The normalized spacial score (nSPS) is 18.5. The zero-order valence-corrected chi connectivity index (χ0v) is 8.51. The first-order chi connectivity index (χ1) is 6.21. The lowest BCUT2D eigenvalue weighted by Gasteiger charge is -2.08. The molecule has 0 unspecified atom stereocenters. The molecule has 0 aromatic rings. The Morgan fingerprint density at radius 3 is 2.31 bits per heavy atom. The van der Waals surface area contributed by atoms with E-state index < -0.39 is 5.97 Å². The van der Waals surface area contributed by atoms with Gasteiger partial charge in [-0.2, -0.15) is 0 Å². The highest BCUT2D eigenvalue weighted by atomic mass is 16.4. The number of rotatable bonds is 7. The minimum absolute atomic E-state index is 0.286. The topological polar surface area (TPSA) is 37.3 Å². The molecule has 0 aromatic carbocycles. The van der Waals surface area contributed by atoms with Gasteiger partial charge in [-0.3, -0.25) is 4.79 Å². The van der Waals surface area contributed by atoms with Gasteiger partial charge in [-0.05, 0) is 19.3 Å². The number of hydrogen-bond acceptors (Lipinski definition) is 1. The molecule has 1 rings (SSSR count). The van der Waals surface area contributed by atoms with Crippen LogP contribution in [0.3, 0.4) is 0 Å². The molecule has 0 radical (unpaired) electrons. The Hall–Kier alpha value is -0.530. The van der Waals surface area contributed by atoms with Crippen molar-refractivity contribution in [1.82, 2.24) is 0 Å². The fourth-order valence-corrected chi connectivity index (χ4v) is 1.79. The molecular formula is C11H20O2. The molecule has 13 heavy (non-hydrogen) atoms. The summed E-state index contributed by atoms with van der Waals surface area (Å²) in [5, 5.41) is 8.91. The molecule has 2 heteroatoms. The lowest BCUT2D eigenvalue weighted by molar-refractivity contribution is -0.143. The van der Waals surface area contributed by atoms with E-state index in [9.17, 15) is 4.79 Å². The van der Waals surface area contributed by atoms with Gasteiger partial charge >= 0.3 is 5.97 Å². The van der Waals surface area contributed by atoms with E-state index in [-0.39, 0.29) is 5.41 Å². The van der Waals surface area contributed by atoms with E-state index in [2.05, 4.69) is 6.92 Å². The smallest absolute Gasteiger partial charge is 0.309 e. The predicted molar refractivity (Wildman–Crippen MR) is 52.7 cm³/mol. The third kappa shape index (κ3) is 3.02. The van der Waals surface area contributed by atoms with Gasteiger partial charge in [0.05, 0.1) is 5.41 Å². The number of carboxylic acid groups (broad SMARTS) is 1. The van der Waals surface area contributed by atoms with Crippen molar-refractivity contribution in [3.63, 3.8) is 0 Å². The van der Waals surface area contributed by atoms with Crippen LogP contribution < -0.4 is 0 Å². The summed E-state index contributed by atoms with van der Waals surface area (Å²) < 4.78 is 0. The van der Waals surface area contributed by atoms with Gasteiger partial charge in [-0.1, -0.05) is 39.0 Å². The Morgan fingerprint density at radius 1 is 1.23 bits per heavy atom. The van der Waals surface area contributed by atoms with Crippen molar-refractivity contribution < 1.29 is 9.90 Å². The molecule has 1 fully saturated rings. The van der Waals surface area contributed by atoms with Crippen LogP contribution in [0.1, 0.15) is 58.3 Å². The highest BCUT2D eigenvalue weighted by molar-refractivity contribution is 5.77. The largest absolute Gasteiger partial charge is 0.481 e. The molecule has 0 atom stereocenters. The summed E-state index contributed by atoms with van der Waals surface area (Å²) in [7, 11) is 0. The van der Waals surface area contributed by atoms with Crippen LogP contribution in [0.2, 0.25) is 0 Å². The van der Waals surface area contributed by atoms with Crippen molar-refractivity contribution in [2.24, 2.45) is 5.41 Å². The first kappa shape index (κ1) is 10.6. The molecule has 0 saturated heterocycles. The van der Waals surface area contributed by atoms with E-state index in [1.165, 1.54) is 25.7 Å². The highest BCUT2D eigenvalue weighted by Gasteiger charge is 2.49. The zero-order chi connectivity index (χ0) is 9.73. The van der Waals surface area contributed by atoms with Crippen molar-refractivity contribution in [2.45, 2.75) is 58.3 Å². The maximum absolute atomic E-state index is 10.8. The van der Waals surface area contributed by atoms with Gasteiger partial charge in [-0.15, -0.1) is 0 Å². The predicted octanol–water partition coefficient (Wildman–Crippen LogP) is 3.21. The summed E-state index contributed by atoms with van der Waals surface area (Å²) in [6.07, 6.45) is 8.86. The lowest BCUT2D eigenvalue weighted by atomic mass is 9.98. The van der Waals surface area contributed by atoms with Crippen LogP contribution in [-0.2, 0) is 4.79 Å². The summed E-state index contributed by atoms with van der Waals surface area (Å²) in [4.78, 5) is 10.8. The average molecular weight is 184 g/mol. The van der Waals surface area contributed by atoms with E-state index >= 15 is 0 Å². The molecule has 1 N–H and O–H groups in total. The van der Waals surface area contributed by atoms with Gasteiger partial charge < -0.3 is 5.11 Å². The summed E-state index contributed by atoms with van der Waals surface area (Å²) in [5.74, 6) is -0.567. The SMILES string of the molecule is CCCCCCCC1(C(=O)O)CC1. The molecule has 0 amide bonds. The number of aliphatic carboxylic acids is 1. The minimum atomic E-state index is -0.567. The lowest BCUT2D eigenvalue weighted by Crippen LogP contribution is -2.14. The van der Waals surface area contributed by atoms with Gasteiger partial charge in [0.25, 0.3) is 0 Å². The second kappa shape index (κ2) is 4.64. The molecule has 0 aliphatic heterocycles. The second-order valence-electron chi connectivity index (χ2n) is 4.25. The molecule has 0 heterocycles. The Kier molecular flexibility index (Phi) is 3.76. The van der Waals surface area contributed by atoms with Crippen LogP contribution in [0.4, 0.5) is 0 Å². The third-order valence-electron chi connectivity index (χ3n) is 3.07. The standard InChI is InChI=1S/C11H20O2/c1-2-3-4-5-6-7-11(8-9-11)10(12)13/h2-9H2,1H3,(H,12,13). The Labute approximate surface area is 80.3 Å². The molecule has 0 bridgehead atoms. The fraction of sp³-hybridized carbons (Fsp3) is 0.909. The van der Waals surface area contributed by atoms with Crippen LogP contribution >= 0.6 is 0 Å². The average Bonchev–Trinajstić information content (AvgIpc) is 2.85. The second-order valence-corrected chi connectivity index (χ2v) is 4.25. The molecule has 0 spiro atoms. The van der Waals surface area contributed by atoms with E-state index in [0.29, 0.717) is 0 Å². The van der Waals surface area contributed by atoms with Crippen molar-refractivity contribution in [2.75, 3.05) is 0 Å². The van der Waals surface area contributed by atoms with Gasteiger partial charge in [-0.25, -0.2) is 0 Å². The van der Waals surface area contributed by atoms with Crippen molar-refractivity contribution >= 4 is 5.97 Å². The fourth-order valence-electron chi connectivity index (χ4n) is 1.79. The van der Waals surface area contributed by atoms with Gasteiger partial charge in [0.15, 0.2) is 0 Å². The summed E-state index contributed by atoms with van der Waals surface area (Å²) in [5.41, 5.74) is -0.286. The van der Waals surface area contributed by atoms with Crippen LogP contribution in [0.15, 0.2) is 0 Å². The first-order valence-electron chi connectivity index (χ1n) is 5.45. The van der Waals surface area contributed by atoms with E-state index in [4.69, 9.17) is 5.11 Å². The van der Waals surface area contributed by atoms with Gasteiger partial charge in [0.1, 0.15) is 0 Å². The number of carbonyl (C=O) groups is 1. The summed E-state index contributed by atoms with van der Waals surface area (Å²) in [6, 6.07) is 0. The van der Waals surface area contributed by atoms with Gasteiger partial charge in [0.2, 0.25) is 0 Å². The van der Waals surface area contributed by atoms with E-state index in [0.717, 1.165) is 25.7 Å². The highest BCUT2D eigenvalue weighted by Crippen LogP contribution is 2.50. The maximum atomic E-state index is 10.8. The number of unbranched alkanes of at least 4 members (excludes halogenated alkanes) is 4. The van der Waals surface area contributed by atoms with Crippen LogP contribution in [0.5, 0.6) is 0 Å². The molecular weight excluding hydrogens is 164 g/mol. The van der Waals surface area contributed by atoms with Crippen molar-refractivity contribution in [3.05, 3.63) is 0 Å². The minimum Gasteiger partial charge on any atom is -0.481 e. The Morgan fingerprint density at radius 2 is 1.85 bits per heavy atom. The van der Waals surface area contributed by atoms with Crippen LogP contribution in [0.25, 0.3) is 0 Å². The van der Waals surface area contributed by atoms with Crippen molar-refractivity contribution in [3.8, 4) is 0 Å². The van der Waals surface area contributed by atoms with E-state index in [1.807, 2.05) is 0 Å².